The van der Waals surface area contributed by atoms with Gasteiger partial charge in [-0.05, 0) is 31.0 Å². The highest BCUT2D eigenvalue weighted by molar-refractivity contribution is 9.10. The molecular formula is C15H17BrClNO3. The average molecular weight is 375 g/mol. The Morgan fingerprint density at radius 3 is 2.62 bits per heavy atom. The van der Waals surface area contributed by atoms with Crippen LogP contribution in [0, 0.1) is 0 Å². The Bertz CT molecular complexity index is 536. The van der Waals surface area contributed by atoms with Crippen LogP contribution < -0.4 is 5.32 Å². The van der Waals surface area contributed by atoms with Crippen molar-refractivity contribution in [2.24, 2.45) is 0 Å². The number of hydrogen-bond donors (Lipinski definition) is 1. The van der Waals surface area contributed by atoms with Crippen LogP contribution >= 0.6 is 27.5 Å². The van der Waals surface area contributed by atoms with Gasteiger partial charge in [-0.3, -0.25) is 4.79 Å². The zero-order valence-electron chi connectivity index (χ0n) is 11.5. The SMILES string of the molecule is O=C(NC1CCC2(CC1)OCCO2)c1cc(Br)ccc1Cl. The molecule has 114 valence electrons. The molecule has 1 saturated carbocycles. The molecule has 1 aromatic carbocycles. The Morgan fingerprint density at radius 2 is 1.95 bits per heavy atom. The van der Waals surface area contributed by atoms with Gasteiger partial charge in [0.25, 0.3) is 5.91 Å². The first kappa shape index (κ1) is 15.3. The number of halogens is 2. The normalized spacial score (nSPS) is 21.6. The van der Waals surface area contributed by atoms with E-state index in [0.29, 0.717) is 23.8 Å². The number of nitrogens with one attached hydrogen (secondary N) is 1. The smallest absolute Gasteiger partial charge is 0.253 e. The summed E-state index contributed by atoms with van der Waals surface area (Å²) < 4.78 is 12.2. The first-order valence-corrected chi connectivity index (χ1v) is 8.29. The van der Waals surface area contributed by atoms with Crippen molar-refractivity contribution in [3.63, 3.8) is 0 Å². The maximum absolute atomic E-state index is 12.3. The molecule has 21 heavy (non-hydrogen) atoms. The number of carbonyl (C=O) groups excluding carboxylic acids is 1. The summed E-state index contributed by atoms with van der Waals surface area (Å²) in [5, 5.41) is 3.52. The number of carbonyl (C=O) groups is 1. The predicted molar refractivity (Wildman–Crippen MR) is 83.5 cm³/mol. The van der Waals surface area contributed by atoms with Gasteiger partial charge in [-0.15, -0.1) is 0 Å². The summed E-state index contributed by atoms with van der Waals surface area (Å²) in [4.78, 5) is 12.3. The number of rotatable bonds is 2. The van der Waals surface area contributed by atoms with Crippen molar-refractivity contribution in [2.45, 2.75) is 37.5 Å². The van der Waals surface area contributed by atoms with Crippen LogP contribution in [0.5, 0.6) is 0 Å². The third-order valence-electron chi connectivity index (χ3n) is 4.07. The molecule has 6 heteroatoms. The number of hydrogen-bond acceptors (Lipinski definition) is 3. The molecule has 0 radical (unpaired) electrons. The lowest BCUT2D eigenvalue weighted by Crippen LogP contribution is -2.44. The molecule has 0 aromatic heterocycles. The van der Waals surface area contributed by atoms with Gasteiger partial charge in [0.15, 0.2) is 5.79 Å². The van der Waals surface area contributed by atoms with E-state index in [2.05, 4.69) is 21.2 Å². The molecule has 2 fully saturated rings. The molecule has 0 atom stereocenters. The van der Waals surface area contributed by atoms with Gasteiger partial charge < -0.3 is 14.8 Å². The molecule has 1 aromatic rings. The van der Waals surface area contributed by atoms with E-state index in [1.807, 2.05) is 6.07 Å². The molecule has 4 nitrogen and oxygen atoms in total. The highest BCUT2D eigenvalue weighted by Crippen LogP contribution is 2.35. The molecule has 0 bridgehead atoms. The van der Waals surface area contributed by atoms with Gasteiger partial charge in [0.1, 0.15) is 0 Å². The second kappa shape index (κ2) is 6.24. The molecule has 1 amide bonds. The topological polar surface area (TPSA) is 47.6 Å². The lowest BCUT2D eigenvalue weighted by molar-refractivity contribution is -0.179. The summed E-state index contributed by atoms with van der Waals surface area (Å²) in [6.07, 6.45) is 3.36. The Hall–Kier alpha value is -0.620. The van der Waals surface area contributed by atoms with Crippen molar-refractivity contribution >= 4 is 33.4 Å². The monoisotopic (exact) mass is 373 g/mol. The molecular weight excluding hydrogens is 358 g/mol. The van der Waals surface area contributed by atoms with E-state index in [4.69, 9.17) is 21.1 Å². The van der Waals surface area contributed by atoms with E-state index in [0.717, 1.165) is 30.2 Å². The molecule has 0 unspecified atom stereocenters. The second-order valence-corrected chi connectivity index (χ2v) is 6.80. The van der Waals surface area contributed by atoms with Crippen molar-refractivity contribution in [3.05, 3.63) is 33.3 Å². The summed E-state index contributed by atoms with van der Waals surface area (Å²) >= 11 is 9.44. The van der Waals surface area contributed by atoms with Crippen LogP contribution in [0.15, 0.2) is 22.7 Å². The average Bonchev–Trinajstić information content (AvgIpc) is 2.93. The maximum Gasteiger partial charge on any atom is 0.253 e. The van der Waals surface area contributed by atoms with Gasteiger partial charge in [0.05, 0.1) is 23.8 Å². The summed E-state index contributed by atoms with van der Waals surface area (Å²) in [6, 6.07) is 5.42. The first-order chi connectivity index (χ1) is 10.1. The maximum atomic E-state index is 12.3. The van der Waals surface area contributed by atoms with Crippen molar-refractivity contribution < 1.29 is 14.3 Å². The fourth-order valence-electron chi connectivity index (χ4n) is 2.92. The Kier molecular flexibility index (Phi) is 4.54. The van der Waals surface area contributed by atoms with Crippen molar-refractivity contribution in [2.75, 3.05) is 13.2 Å². The molecule has 1 aliphatic carbocycles. The molecule has 2 aliphatic rings. The molecule has 1 N–H and O–H groups in total. The van der Waals surface area contributed by atoms with Crippen LogP contribution in [0.4, 0.5) is 0 Å². The van der Waals surface area contributed by atoms with Crippen LogP contribution in [-0.4, -0.2) is 30.9 Å². The summed E-state index contributed by atoms with van der Waals surface area (Å²) in [6.45, 7) is 1.34. The molecule has 1 aliphatic heterocycles. The minimum Gasteiger partial charge on any atom is -0.349 e. The van der Waals surface area contributed by atoms with E-state index < -0.39 is 5.79 Å². The Balaban J connectivity index is 1.60. The third-order valence-corrected chi connectivity index (χ3v) is 4.89. The standard InChI is InChI=1S/C15H17BrClNO3/c16-10-1-2-13(17)12(9-10)14(19)18-11-3-5-15(6-4-11)20-7-8-21-15/h1-2,9,11H,3-8H2,(H,18,19). The fraction of sp³-hybridized carbons (Fsp3) is 0.533. The minimum absolute atomic E-state index is 0.129. The number of ether oxygens (including phenoxy) is 2. The lowest BCUT2D eigenvalue weighted by atomic mass is 9.90. The molecule has 1 spiro atoms. The van der Waals surface area contributed by atoms with Gasteiger partial charge >= 0.3 is 0 Å². The van der Waals surface area contributed by atoms with E-state index in [9.17, 15) is 4.79 Å². The van der Waals surface area contributed by atoms with Gasteiger partial charge in [-0.2, -0.15) is 0 Å². The Morgan fingerprint density at radius 1 is 1.29 bits per heavy atom. The highest BCUT2D eigenvalue weighted by atomic mass is 79.9. The van der Waals surface area contributed by atoms with Crippen molar-refractivity contribution in [1.29, 1.82) is 0 Å². The van der Waals surface area contributed by atoms with Crippen LogP contribution in [0.2, 0.25) is 5.02 Å². The quantitative estimate of drug-likeness (QED) is 0.861. The van der Waals surface area contributed by atoms with Gasteiger partial charge in [0, 0.05) is 23.4 Å². The fourth-order valence-corrected chi connectivity index (χ4v) is 3.49. The Labute approximate surface area is 137 Å². The highest BCUT2D eigenvalue weighted by Gasteiger charge is 2.40. The zero-order valence-corrected chi connectivity index (χ0v) is 13.9. The number of benzene rings is 1. The van der Waals surface area contributed by atoms with E-state index in [1.54, 1.807) is 12.1 Å². The van der Waals surface area contributed by atoms with E-state index >= 15 is 0 Å². The zero-order chi connectivity index (χ0) is 14.9. The molecule has 3 rings (SSSR count). The van der Waals surface area contributed by atoms with E-state index in [-0.39, 0.29) is 11.9 Å². The van der Waals surface area contributed by atoms with Crippen molar-refractivity contribution in [3.8, 4) is 0 Å². The minimum atomic E-state index is -0.394. The van der Waals surface area contributed by atoms with Crippen LogP contribution in [-0.2, 0) is 9.47 Å². The predicted octanol–water partition coefficient (Wildman–Crippen LogP) is 3.52. The number of amides is 1. The summed E-state index contributed by atoms with van der Waals surface area (Å²) in [7, 11) is 0. The summed E-state index contributed by atoms with van der Waals surface area (Å²) in [5.74, 6) is -0.523. The largest absolute Gasteiger partial charge is 0.349 e. The lowest BCUT2D eigenvalue weighted by Gasteiger charge is -2.35. The van der Waals surface area contributed by atoms with Gasteiger partial charge in [-0.1, -0.05) is 27.5 Å². The molecule has 1 heterocycles. The van der Waals surface area contributed by atoms with E-state index in [1.165, 1.54) is 0 Å². The summed E-state index contributed by atoms with van der Waals surface area (Å²) in [5.41, 5.74) is 0.500. The van der Waals surface area contributed by atoms with Gasteiger partial charge in [0.2, 0.25) is 0 Å². The van der Waals surface area contributed by atoms with Crippen LogP contribution in [0.1, 0.15) is 36.0 Å². The van der Waals surface area contributed by atoms with Crippen molar-refractivity contribution in [1.82, 2.24) is 5.32 Å². The second-order valence-electron chi connectivity index (χ2n) is 5.48. The third kappa shape index (κ3) is 3.42. The molecule has 1 saturated heterocycles. The van der Waals surface area contributed by atoms with Crippen LogP contribution in [0.25, 0.3) is 0 Å². The van der Waals surface area contributed by atoms with Crippen LogP contribution in [0.3, 0.4) is 0 Å². The first-order valence-electron chi connectivity index (χ1n) is 7.12. The van der Waals surface area contributed by atoms with Gasteiger partial charge in [-0.25, -0.2) is 0 Å².